The van der Waals surface area contributed by atoms with Gasteiger partial charge in [0.2, 0.25) is 0 Å². The van der Waals surface area contributed by atoms with Gasteiger partial charge in [0, 0.05) is 31.7 Å². The molecule has 0 saturated carbocycles. The molecule has 1 rings (SSSR count). The summed E-state index contributed by atoms with van der Waals surface area (Å²) in [6, 6.07) is 0. The van der Waals surface area contributed by atoms with Crippen molar-refractivity contribution in [2.45, 2.75) is 32.7 Å². The quantitative estimate of drug-likeness (QED) is 0.398. The number of hydrogen-bond acceptors (Lipinski definition) is 5. The van der Waals surface area contributed by atoms with Crippen LogP contribution in [-0.4, -0.2) is 75.4 Å². The van der Waals surface area contributed by atoms with Crippen molar-refractivity contribution < 1.29 is 14.3 Å². The Labute approximate surface area is 133 Å². The molecule has 0 unspecified atom stereocenters. The van der Waals surface area contributed by atoms with Crippen molar-refractivity contribution in [2.24, 2.45) is 4.99 Å². The molecule has 1 saturated heterocycles. The van der Waals surface area contributed by atoms with Crippen LogP contribution in [0.2, 0.25) is 0 Å². The predicted molar refractivity (Wildman–Crippen MR) is 87.1 cm³/mol. The summed E-state index contributed by atoms with van der Waals surface area (Å²) in [6.45, 7) is 11.8. The Hall–Kier alpha value is -1.34. The lowest BCUT2D eigenvalue weighted by molar-refractivity contribution is -0.140. The van der Waals surface area contributed by atoms with Gasteiger partial charge in [-0.05, 0) is 20.8 Å². The first-order valence-corrected chi connectivity index (χ1v) is 7.91. The molecule has 0 bridgehead atoms. The molecular formula is C15H30N4O3. The first kappa shape index (κ1) is 18.7. The number of carbonyl (C=O) groups excluding carboxylic acids is 1. The number of nitrogens with one attached hydrogen (secondary N) is 2. The first-order chi connectivity index (χ1) is 10.5. The van der Waals surface area contributed by atoms with Crippen molar-refractivity contribution in [3.05, 3.63) is 0 Å². The number of carbonyl (C=O) groups is 1. The molecule has 0 aromatic heterocycles. The van der Waals surface area contributed by atoms with E-state index in [-0.39, 0.29) is 11.5 Å². The van der Waals surface area contributed by atoms with Crippen molar-refractivity contribution in [3.8, 4) is 0 Å². The number of methoxy groups -OCH3 is 1. The molecule has 7 nitrogen and oxygen atoms in total. The van der Waals surface area contributed by atoms with Gasteiger partial charge in [-0.25, -0.2) is 0 Å². The van der Waals surface area contributed by atoms with Crippen LogP contribution in [0, 0.1) is 0 Å². The Morgan fingerprint density at radius 3 is 2.59 bits per heavy atom. The number of hydrogen-bond donors (Lipinski definition) is 2. The zero-order valence-electron chi connectivity index (χ0n) is 14.3. The van der Waals surface area contributed by atoms with Crippen LogP contribution in [0.1, 0.15) is 27.2 Å². The highest BCUT2D eigenvalue weighted by molar-refractivity contribution is 5.80. The van der Waals surface area contributed by atoms with Gasteiger partial charge >= 0.3 is 5.97 Å². The van der Waals surface area contributed by atoms with Crippen LogP contribution in [0.3, 0.4) is 0 Å². The largest absolute Gasteiger partial charge is 0.469 e. The van der Waals surface area contributed by atoms with E-state index in [0.29, 0.717) is 19.5 Å². The molecule has 22 heavy (non-hydrogen) atoms. The highest BCUT2D eigenvalue weighted by Gasteiger charge is 2.28. The average Bonchev–Trinajstić information content (AvgIpc) is 2.53. The summed E-state index contributed by atoms with van der Waals surface area (Å²) in [6.07, 6.45) is 0.327. The summed E-state index contributed by atoms with van der Waals surface area (Å²) < 4.78 is 10.0. The second-order valence-corrected chi connectivity index (χ2v) is 5.86. The molecular weight excluding hydrogens is 284 g/mol. The smallest absolute Gasteiger partial charge is 0.307 e. The minimum atomic E-state index is -0.225. The van der Waals surface area contributed by atoms with Gasteiger partial charge in [0.05, 0.1) is 33.3 Å². The predicted octanol–water partition coefficient (Wildman–Crippen LogP) is 0.215. The summed E-state index contributed by atoms with van der Waals surface area (Å²) in [5, 5.41) is 6.35. The second kappa shape index (κ2) is 9.63. The fourth-order valence-electron chi connectivity index (χ4n) is 2.27. The number of rotatable bonds is 7. The standard InChI is InChI=1S/C15H30N4O3/c1-5-16-14(17-7-6-13(20)21-4)18-12-15(2,3)19-8-10-22-11-9-19/h5-12H2,1-4H3,(H2,16,17,18). The van der Waals surface area contributed by atoms with Gasteiger partial charge in [-0.15, -0.1) is 0 Å². The van der Waals surface area contributed by atoms with Crippen LogP contribution in [0.5, 0.6) is 0 Å². The van der Waals surface area contributed by atoms with E-state index in [1.807, 2.05) is 6.92 Å². The molecule has 1 aliphatic rings. The van der Waals surface area contributed by atoms with Gasteiger partial charge < -0.3 is 20.1 Å². The lowest BCUT2D eigenvalue weighted by Gasteiger charge is -2.39. The molecule has 0 radical (unpaired) electrons. The van der Waals surface area contributed by atoms with Crippen molar-refractivity contribution in [1.29, 1.82) is 0 Å². The van der Waals surface area contributed by atoms with Gasteiger partial charge in [-0.3, -0.25) is 14.7 Å². The molecule has 0 amide bonds. The van der Waals surface area contributed by atoms with E-state index >= 15 is 0 Å². The fourth-order valence-corrected chi connectivity index (χ4v) is 2.27. The molecule has 7 heteroatoms. The van der Waals surface area contributed by atoms with E-state index in [2.05, 4.69) is 39.1 Å². The summed E-state index contributed by atoms with van der Waals surface area (Å²) in [5.74, 6) is 0.504. The number of ether oxygens (including phenoxy) is 2. The van der Waals surface area contributed by atoms with Gasteiger partial charge in [0.1, 0.15) is 0 Å². The lowest BCUT2D eigenvalue weighted by atomic mass is 10.0. The molecule has 128 valence electrons. The molecule has 0 spiro atoms. The first-order valence-electron chi connectivity index (χ1n) is 7.91. The van der Waals surface area contributed by atoms with Crippen LogP contribution in [0.15, 0.2) is 4.99 Å². The maximum Gasteiger partial charge on any atom is 0.307 e. The van der Waals surface area contributed by atoms with E-state index in [9.17, 15) is 4.79 Å². The van der Waals surface area contributed by atoms with E-state index in [4.69, 9.17) is 4.74 Å². The molecule has 0 aromatic carbocycles. The number of morpholine rings is 1. The van der Waals surface area contributed by atoms with Crippen LogP contribution in [0.25, 0.3) is 0 Å². The molecule has 0 aliphatic carbocycles. The monoisotopic (exact) mass is 314 g/mol. The Morgan fingerprint density at radius 1 is 1.32 bits per heavy atom. The number of nitrogens with zero attached hydrogens (tertiary/aromatic N) is 2. The molecule has 0 atom stereocenters. The highest BCUT2D eigenvalue weighted by atomic mass is 16.5. The molecule has 1 heterocycles. The van der Waals surface area contributed by atoms with Crippen molar-refractivity contribution >= 4 is 11.9 Å². The molecule has 1 fully saturated rings. The van der Waals surface area contributed by atoms with Gasteiger partial charge in [0.15, 0.2) is 5.96 Å². The Balaban J connectivity index is 2.50. The van der Waals surface area contributed by atoms with Crippen molar-refractivity contribution in [1.82, 2.24) is 15.5 Å². The summed E-state index contributed by atoms with van der Waals surface area (Å²) >= 11 is 0. The zero-order chi connectivity index (χ0) is 16.4. The van der Waals surface area contributed by atoms with Gasteiger partial charge in [0.25, 0.3) is 0 Å². The maximum atomic E-state index is 11.1. The lowest BCUT2D eigenvalue weighted by Crippen LogP contribution is -2.52. The third-order valence-electron chi connectivity index (χ3n) is 3.68. The van der Waals surface area contributed by atoms with E-state index < -0.39 is 0 Å². The molecule has 1 aliphatic heterocycles. The van der Waals surface area contributed by atoms with E-state index in [0.717, 1.165) is 38.8 Å². The summed E-state index contributed by atoms with van der Waals surface area (Å²) in [4.78, 5) is 18.2. The minimum absolute atomic E-state index is 0.0194. The minimum Gasteiger partial charge on any atom is -0.469 e. The van der Waals surface area contributed by atoms with Crippen molar-refractivity contribution in [2.75, 3.05) is 53.0 Å². The Kier molecular flexibility index (Phi) is 8.19. The van der Waals surface area contributed by atoms with Crippen LogP contribution < -0.4 is 10.6 Å². The Morgan fingerprint density at radius 2 is 2.00 bits per heavy atom. The summed E-state index contributed by atoms with van der Waals surface area (Å²) in [5.41, 5.74) is -0.0194. The van der Waals surface area contributed by atoms with Gasteiger partial charge in [-0.2, -0.15) is 0 Å². The van der Waals surface area contributed by atoms with Crippen LogP contribution in [-0.2, 0) is 14.3 Å². The van der Waals surface area contributed by atoms with Crippen molar-refractivity contribution in [3.63, 3.8) is 0 Å². The zero-order valence-corrected chi connectivity index (χ0v) is 14.3. The summed E-state index contributed by atoms with van der Waals surface area (Å²) in [7, 11) is 1.40. The number of guanidine groups is 1. The maximum absolute atomic E-state index is 11.1. The van der Waals surface area contributed by atoms with Crippen LogP contribution in [0.4, 0.5) is 0 Å². The third kappa shape index (κ3) is 6.62. The van der Waals surface area contributed by atoms with E-state index in [1.165, 1.54) is 7.11 Å². The second-order valence-electron chi connectivity index (χ2n) is 5.86. The Bertz CT molecular complexity index is 366. The fraction of sp³-hybridized carbons (Fsp3) is 0.867. The normalized spacial score (nSPS) is 17.2. The van der Waals surface area contributed by atoms with Crippen LogP contribution >= 0.6 is 0 Å². The SMILES string of the molecule is CCNC(=NCC(C)(C)N1CCOCC1)NCCC(=O)OC. The molecule has 0 aromatic rings. The highest BCUT2D eigenvalue weighted by Crippen LogP contribution is 2.16. The average molecular weight is 314 g/mol. The molecule has 2 N–H and O–H groups in total. The third-order valence-corrected chi connectivity index (χ3v) is 3.68. The number of esters is 1. The number of aliphatic imine (C=N–C) groups is 1. The topological polar surface area (TPSA) is 75.2 Å². The van der Waals surface area contributed by atoms with E-state index in [1.54, 1.807) is 0 Å². The van der Waals surface area contributed by atoms with Gasteiger partial charge in [-0.1, -0.05) is 0 Å².